The van der Waals surface area contributed by atoms with Gasteiger partial charge in [-0.25, -0.2) is 9.97 Å². The first-order valence-electron chi connectivity index (χ1n) is 5.35. The van der Waals surface area contributed by atoms with E-state index in [0.29, 0.717) is 0 Å². The Kier molecular flexibility index (Phi) is 3.86. The zero-order chi connectivity index (χ0) is 12.4. The molecule has 1 aromatic heterocycles. The number of aliphatic hydroxyl groups is 1. The summed E-state index contributed by atoms with van der Waals surface area (Å²) in [5, 5.41) is 11.6. The third kappa shape index (κ3) is 2.89. The summed E-state index contributed by atoms with van der Waals surface area (Å²) in [5.74, 6) is 0. The molecule has 17 heavy (non-hydrogen) atoms. The van der Waals surface area contributed by atoms with Crippen LogP contribution >= 0.6 is 23.4 Å². The fourth-order valence-electron chi connectivity index (χ4n) is 1.38. The summed E-state index contributed by atoms with van der Waals surface area (Å²) in [6.07, 6.45) is -0.396. The van der Waals surface area contributed by atoms with E-state index in [9.17, 15) is 5.11 Å². The summed E-state index contributed by atoms with van der Waals surface area (Å²) in [6.45, 7) is 3.72. The number of rotatable bonds is 3. The summed E-state index contributed by atoms with van der Waals surface area (Å²) in [5.41, 5.74) is 0.827. The van der Waals surface area contributed by atoms with Gasteiger partial charge in [-0.3, -0.25) is 0 Å². The fourth-order valence-corrected chi connectivity index (χ4v) is 2.60. The van der Waals surface area contributed by atoms with Crippen LogP contribution in [-0.2, 0) is 0 Å². The lowest BCUT2D eigenvalue weighted by molar-refractivity contribution is 0.196. The minimum atomic E-state index is -0.396. The van der Waals surface area contributed by atoms with Crippen LogP contribution in [0.25, 0.3) is 10.9 Å². The number of aromatic nitrogens is 2. The second-order valence-corrected chi connectivity index (χ2v) is 5.58. The molecule has 0 aliphatic rings. The van der Waals surface area contributed by atoms with Crippen molar-refractivity contribution in [1.82, 2.24) is 9.97 Å². The number of nitrogens with zero attached hydrogens (tertiary/aromatic N) is 2. The first-order valence-corrected chi connectivity index (χ1v) is 6.60. The van der Waals surface area contributed by atoms with Gasteiger partial charge in [-0.2, -0.15) is 0 Å². The number of benzene rings is 1. The van der Waals surface area contributed by atoms with Crippen molar-refractivity contribution in [2.45, 2.75) is 30.2 Å². The van der Waals surface area contributed by atoms with E-state index in [1.165, 1.54) is 11.8 Å². The Labute approximate surface area is 109 Å². The highest BCUT2D eigenvalue weighted by Crippen LogP contribution is 2.30. The van der Waals surface area contributed by atoms with Crippen LogP contribution in [0.3, 0.4) is 0 Å². The Morgan fingerprint density at radius 2 is 1.94 bits per heavy atom. The maximum absolute atomic E-state index is 9.53. The van der Waals surface area contributed by atoms with Crippen LogP contribution in [0, 0.1) is 0 Å². The summed E-state index contributed by atoms with van der Waals surface area (Å²) in [7, 11) is 0. The van der Waals surface area contributed by atoms with E-state index >= 15 is 0 Å². The Balaban J connectivity index is 2.45. The highest BCUT2D eigenvalue weighted by atomic mass is 35.5. The predicted molar refractivity (Wildman–Crippen MR) is 71.5 cm³/mol. The summed E-state index contributed by atoms with van der Waals surface area (Å²) in [6, 6.07) is 7.72. The molecule has 90 valence electrons. The highest BCUT2D eigenvalue weighted by Gasteiger charge is 2.14. The quantitative estimate of drug-likeness (QED) is 0.528. The summed E-state index contributed by atoms with van der Waals surface area (Å²) >= 11 is 7.40. The van der Waals surface area contributed by atoms with Gasteiger partial charge in [0.2, 0.25) is 5.28 Å². The van der Waals surface area contributed by atoms with Crippen LogP contribution in [-0.4, -0.2) is 26.4 Å². The SMILES string of the molecule is CC(O)C(C)Sc1nc(Cl)nc2ccccc12. The maximum Gasteiger partial charge on any atom is 0.224 e. The van der Waals surface area contributed by atoms with Crippen molar-refractivity contribution in [2.75, 3.05) is 0 Å². The Morgan fingerprint density at radius 3 is 2.65 bits per heavy atom. The van der Waals surface area contributed by atoms with E-state index in [1.807, 2.05) is 31.2 Å². The van der Waals surface area contributed by atoms with E-state index in [1.54, 1.807) is 6.92 Å². The third-order valence-corrected chi connectivity index (χ3v) is 3.99. The van der Waals surface area contributed by atoms with Crippen LogP contribution in [0.1, 0.15) is 13.8 Å². The molecule has 2 unspecified atom stereocenters. The molecular formula is C12H13ClN2OS. The van der Waals surface area contributed by atoms with Crippen LogP contribution in [0.2, 0.25) is 5.28 Å². The molecule has 0 bridgehead atoms. The second-order valence-electron chi connectivity index (χ2n) is 3.88. The van der Waals surface area contributed by atoms with E-state index in [0.717, 1.165) is 15.9 Å². The molecule has 1 aromatic carbocycles. The largest absolute Gasteiger partial charge is 0.392 e. The van der Waals surface area contributed by atoms with Crippen molar-refractivity contribution in [2.24, 2.45) is 0 Å². The first-order chi connectivity index (χ1) is 8.08. The number of hydrogen-bond donors (Lipinski definition) is 1. The lowest BCUT2D eigenvalue weighted by Crippen LogP contribution is -2.15. The minimum absolute atomic E-state index is 0.0596. The van der Waals surface area contributed by atoms with E-state index < -0.39 is 6.10 Å². The first kappa shape index (κ1) is 12.6. The van der Waals surface area contributed by atoms with E-state index in [2.05, 4.69) is 9.97 Å². The third-order valence-electron chi connectivity index (χ3n) is 2.52. The zero-order valence-corrected chi connectivity index (χ0v) is 11.2. The van der Waals surface area contributed by atoms with Gasteiger partial charge in [0.25, 0.3) is 0 Å². The zero-order valence-electron chi connectivity index (χ0n) is 9.59. The van der Waals surface area contributed by atoms with Gasteiger partial charge in [0.15, 0.2) is 0 Å². The summed E-state index contributed by atoms with van der Waals surface area (Å²) in [4.78, 5) is 8.40. The van der Waals surface area contributed by atoms with Gasteiger partial charge in [0.05, 0.1) is 11.6 Å². The van der Waals surface area contributed by atoms with Crippen molar-refractivity contribution < 1.29 is 5.11 Å². The Morgan fingerprint density at radius 1 is 1.24 bits per heavy atom. The molecule has 5 heteroatoms. The molecule has 0 aliphatic carbocycles. The molecule has 0 spiro atoms. The van der Waals surface area contributed by atoms with Crippen molar-refractivity contribution in [3.8, 4) is 0 Å². The molecule has 0 saturated heterocycles. The fraction of sp³-hybridized carbons (Fsp3) is 0.333. The molecule has 0 radical (unpaired) electrons. The van der Waals surface area contributed by atoms with E-state index in [4.69, 9.17) is 11.6 Å². The molecule has 2 aromatic rings. The van der Waals surface area contributed by atoms with Crippen molar-refractivity contribution >= 4 is 34.3 Å². The number of aliphatic hydroxyl groups excluding tert-OH is 1. The Hall–Kier alpha value is -0.840. The average Bonchev–Trinajstić information content (AvgIpc) is 2.28. The van der Waals surface area contributed by atoms with Crippen molar-refractivity contribution in [1.29, 1.82) is 0 Å². The van der Waals surface area contributed by atoms with Crippen LogP contribution < -0.4 is 0 Å². The lowest BCUT2D eigenvalue weighted by Gasteiger charge is -2.14. The number of para-hydroxylation sites is 1. The van der Waals surface area contributed by atoms with Gasteiger partial charge in [-0.15, -0.1) is 0 Å². The number of thioether (sulfide) groups is 1. The van der Waals surface area contributed by atoms with Crippen LogP contribution in [0.4, 0.5) is 0 Å². The van der Waals surface area contributed by atoms with Gasteiger partial charge in [0, 0.05) is 10.6 Å². The number of hydrogen-bond acceptors (Lipinski definition) is 4. The molecular weight excluding hydrogens is 256 g/mol. The highest BCUT2D eigenvalue weighted by molar-refractivity contribution is 8.00. The molecule has 0 fully saturated rings. The van der Waals surface area contributed by atoms with Gasteiger partial charge < -0.3 is 5.11 Å². The Bertz CT molecular complexity index is 533. The standard InChI is InChI=1S/C12H13ClN2OS/c1-7(16)8(2)17-11-9-5-3-4-6-10(9)14-12(13)15-11/h3-8,16H,1-2H3. The van der Waals surface area contributed by atoms with Gasteiger partial charge in [0.1, 0.15) is 5.03 Å². The molecule has 1 N–H and O–H groups in total. The predicted octanol–water partition coefficient (Wildman–Crippen LogP) is 3.14. The molecule has 2 rings (SSSR count). The van der Waals surface area contributed by atoms with Gasteiger partial charge in [-0.05, 0) is 24.6 Å². The topological polar surface area (TPSA) is 46.0 Å². The molecule has 0 amide bonds. The second kappa shape index (κ2) is 5.21. The lowest BCUT2D eigenvalue weighted by atomic mass is 10.2. The van der Waals surface area contributed by atoms with Crippen molar-refractivity contribution in [3.05, 3.63) is 29.5 Å². The van der Waals surface area contributed by atoms with E-state index in [-0.39, 0.29) is 10.5 Å². The molecule has 3 nitrogen and oxygen atoms in total. The van der Waals surface area contributed by atoms with Gasteiger partial charge in [-0.1, -0.05) is 36.9 Å². The van der Waals surface area contributed by atoms with Crippen LogP contribution in [0.5, 0.6) is 0 Å². The molecule has 2 atom stereocenters. The average molecular weight is 269 g/mol. The smallest absolute Gasteiger partial charge is 0.224 e. The van der Waals surface area contributed by atoms with Crippen molar-refractivity contribution in [3.63, 3.8) is 0 Å². The monoisotopic (exact) mass is 268 g/mol. The number of halogens is 1. The summed E-state index contributed by atoms with van der Waals surface area (Å²) < 4.78 is 0. The van der Waals surface area contributed by atoms with Crippen LogP contribution in [0.15, 0.2) is 29.3 Å². The molecule has 1 heterocycles. The maximum atomic E-state index is 9.53. The minimum Gasteiger partial charge on any atom is -0.392 e. The molecule has 0 aliphatic heterocycles. The number of fused-ring (bicyclic) bond motifs is 1. The normalized spacial score (nSPS) is 14.8. The molecule has 0 saturated carbocycles. The van der Waals surface area contributed by atoms with Gasteiger partial charge >= 0.3 is 0 Å².